The van der Waals surface area contributed by atoms with E-state index >= 15 is 0 Å². The second kappa shape index (κ2) is 15.2. The number of hydrogen-bond donors (Lipinski definition) is 0. The van der Waals surface area contributed by atoms with Crippen molar-refractivity contribution in [1.82, 2.24) is 59.8 Å². The van der Waals surface area contributed by atoms with Gasteiger partial charge in [0.15, 0.2) is 34.9 Å². The van der Waals surface area contributed by atoms with Crippen molar-refractivity contribution in [3.05, 3.63) is 111 Å². The minimum atomic E-state index is 0. The summed E-state index contributed by atoms with van der Waals surface area (Å²) in [7, 11) is 0. The van der Waals surface area contributed by atoms with Gasteiger partial charge >= 0.3 is 0 Å². The third-order valence-electron chi connectivity index (χ3n) is 3.99. The molecule has 0 atom stereocenters. The molecule has 0 N–H and O–H groups in total. The van der Waals surface area contributed by atoms with Crippen LogP contribution in [0, 0.1) is 0 Å². The first-order valence-electron chi connectivity index (χ1n) is 10.5. The number of rotatable bonds is 3. The van der Waals surface area contributed by atoms with Crippen LogP contribution in [0.2, 0.25) is 0 Å². The second-order valence-electron chi connectivity index (χ2n) is 6.43. The minimum Gasteiger partial charge on any atom is -0.234 e. The van der Waals surface area contributed by atoms with E-state index in [0.29, 0.717) is 34.9 Å². The summed E-state index contributed by atoms with van der Waals surface area (Å²) < 4.78 is 0. The van der Waals surface area contributed by atoms with E-state index in [9.17, 15) is 0 Å². The van der Waals surface area contributed by atoms with E-state index in [-0.39, 0.29) is 19.5 Å². The monoisotopic (exact) mass is 576 g/mol. The van der Waals surface area contributed by atoms with Crippen LogP contribution in [0.4, 0.5) is 0 Å². The Bertz CT molecular complexity index is 1110. The second-order valence-corrected chi connectivity index (χ2v) is 6.43. The zero-order valence-corrected chi connectivity index (χ0v) is 20.9. The fourth-order valence-corrected chi connectivity index (χ4v) is 2.49. The molecule has 6 heterocycles. The third kappa shape index (κ3) is 8.68. The van der Waals surface area contributed by atoms with Crippen molar-refractivity contribution < 1.29 is 19.5 Å². The molecular weight excluding hydrogens is 557 g/mol. The first-order chi connectivity index (χ1) is 17.9. The fraction of sp³-hybridized carbons (Fsp3) is 0. The van der Waals surface area contributed by atoms with Crippen molar-refractivity contribution in [2.24, 2.45) is 0 Å². The topological polar surface area (TPSA) is 155 Å². The van der Waals surface area contributed by atoms with Crippen molar-refractivity contribution >= 4 is 0 Å². The molecule has 0 aliphatic rings. The summed E-state index contributed by atoms with van der Waals surface area (Å²) in [5.41, 5.74) is 0. The largest absolute Gasteiger partial charge is 0.234 e. The predicted molar refractivity (Wildman–Crippen MR) is 129 cm³/mol. The summed E-state index contributed by atoms with van der Waals surface area (Å²) in [5, 5.41) is 0. The van der Waals surface area contributed by atoms with Gasteiger partial charge in [0.05, 0.1) is 0 Å². The molecule has 0 aliphatic carbocycles. The maximum Gasteiger partial charge on any atom is 0.197 e. The molecule has 6 rings (SSSR count). The van der Waals surface area contributed by atoms with Crippen LogP contribution < -0.4 is 0 Å². The van der Waals surface area contributed by atoms with Crippen LogP contribution in [0.3, 0.4) is 0 Å². The molecule has 12 nitrogen and oxygen atoms in total. The SMILES string of the molecule is [Ru].c1cnc(-c2ncccn2)nc1.c1cnc(-c2ncccn2)nc1.c1cnc(-c2ncccn2)nc1. The van der Waals surface area contributed by atoms with Gasteiger partial charge in [0.25, 0.3) is 0 Å². The first-order valence-corrected chi connectivity index (χ1v) is 10.5. The van der Waals surface area contributed by atoms with Gasteiger partial charge in [0.2, 0.25) is 0 Å². The van der Waals surface area contributed by atoms with Crippen LogP contribution in [-0.2, 0) is 19.5 Å². The molecule has 0 amide bonds. The average molecular weight is 576 g/mol. The van der Waals surface area contributed by atoms with Gasteiger partial charge in [0, 0.05) is 93.8 Å². The van der Waals surface area contributed by atoms with Crippen molar-refractivity contribution in [3.63, 3.8) is 0 Å². The Morgan fingerprint density at radius 1 is 0.216 bits per heavy atom. The van der Waals surface area contributed by atoms with Gasteiger partial charge in [-0.25, -0.2) is 59.8 Å². The Labute approximate surface area is 224 Å². The smallest absolute Gasteiger partial charge is 0.197 e. The van der Waals surface area contributed by atoms with Crippen LogP contribution in [0.15, 0.2) is 111 Å². The van der Waals surface area contributed by atoms with Gasteiger partial charge in [0.1, 0.15) is 0 Å². The summed E-state index contributed by atoms with van der Waals surface area (Å²) in [4.78, 5) is 48.2. The molecule has 0 saturated carbocycles. The van der Waals surface area contributed by atoms with Crippen molar-refractivity contribution in [1.29, 1.82) is 0 Å². The summed E-state index contributed by atoms with van der Waals surface area (Å²) >= 11 is 0. The van der Waals surface area contributed by atoms with E-state index in [0.717, 1.165) is 0 Å². The molecule has 0 fully saturated rings. The zero-order valence-electron chi connectivity index (χ0n) is 19.1. The van der Waals surface area contributed by atoms with Gasteiger partial charge in [-0.05, 0) is 36.4 Å². The van der Waals surface area contributed by atoms with E-state index in [1.54, 1.807) is 111 Å². The molecule has 182 valence electrons. The normalized spacial score (nSPS) is 9.41. The Hall–Kier alpha value is -4.90. The molecule has 0 bridgehead atoms. The summed E-state index contributed by atoms with van der Waals surface area (Å²) in [6.45, 7) is 0. The van der Waals surface area contributed by atoms with Gasteiger partial charge in [-0.3, -0.25) is 0 Å². The Kier molecular flexibility index (Phi) is 10.9. The number of hydrogen-bond acceptors (Lipinski definition) is 12. The Morgan fingerprint density at radius 3 is 0.432 bits per heavy atom. The maximum absolute atomic E-state index is 4.01. The summed E-state index contributed by atoms with van der Waals surface area (Å²) in [6.07, 6.45) is 20.0. The van der Waals surface area contributed by atoms with E-state index < -0.39 is 0 Å². The van der Waals surface area contributed by atoms with Crippen LogP contribution >= 0.6 is 0 Å². The fourth-order valence-electron chi connectivity index (χ4n) is 2.49. The van der Waals surface area contributed by atoms with E-state index in [1.807, 2.05) is 0 Å². The minimum absolute atomic E-state index is 0. The van der Waals surface area contributed by atoms with Crippen molar-refractivity contribution in [3.8, 4) is 34.9 Å². The molecule has 6 aromatic rings. The van der Waals surface area contributed by atoms with Crippen molar-refractivity contribution in [2.75, 3.05) is 0 Å². The zero-order chi connectivity index (χ0) is 24.7. The summed E-state index contributed by atoms with van der Waals surface area (Å²) in [5.74, 6) is 3.32. The molecule has 0 unspecified atom stereocenters. The molecule has 6 aromatic heterocycles. The number of nitrogens with zero attached hydrogens (tertiary/aromatic N) is 12. The van der Waals surface area contributed by atoms with Crippen LogP contribution in [0.5, 0.6) is 0 Å². The molecule has 0 spiro atoms. The molecule has 13 heteroatoms. The Morgan fingerprint density at radius 2 is 0.324 bits per heavy atom. The van der Waals surface area contributed by atoms with Crippen LogP contribution in [0.25, 0.3) is 34.9 Å². The average Bonchev–Trinajstić information content (AvgIpc) is 3.01. The van der Waals surface area contributed by atoms with E-state index in [2.05, 4.69) is 59.8 Å². The van der Waals surface area contributed by atoms with Crippen LogP contribution in [0.1, 0.15) is 0 Å². The van der Waals surface area contributed by atoms with Crippen molar-refractivity contribution in [2.45, 2.75) is 0 Å². The Balaban J connectivity index is 0.000000152. The van der Waals surface area contributed by atoms with E-state index in [1.165, 1.54) is 0 Å². The quantitative estimate of drug-likeness (QED) is 0.285. The molecular formula is C24H18N12Ru. The molecule has 0 aromatic carbocycles. The number of aromatic nitrogens is 12. The standard InChI is InChI=1S/3C8H6N4.Ru/c3*1-3-9-7(10-4-1)8-11-5-2-6-12-8;/h3*1-6H;. The van der Waals surface area contributed by atoms with Gasteiger partial charge < -0.3 is 0 Å². The molecule has 37 heavy (non-hydrogen) atoms. The van der Waals surface area contributed by atoms with Crippen LogP contribution in [-0.4, -0.2) is 59.8 Å². The van der Waals surface area contributed by atoms with Gasteiger partial charge in [-0.1, -0.05) is 0 Å². The third-order valence-corrected chi connectivity index (χ3v) is 3.99. The molecule has 0 saturated heterocycles. The van der Waals surface area contributed by atoms with Gasteiger partial charge in [-0.2, -0.15) is 0 Å². The first kappa shape index (κ1) is 26.7. The molecule has 0 radical (unpaired) electrons. The summed E-state index contributed by atoms with van der Waals surface area (Å²) in [6, 6.07) is 10.5. The predicted octanol–water partition coefficient (Wildman–Crippen LogP) is 2.80. The maximum atomic E-state index is 4.01. The van der Waals surface area contributed by atoms with Gasteiger partial charge in [-0.15, -0.1) is 0 Å². The molecule has 0 aliphatic heterocycles. The van der Waals surface area contributed by atoms with E-state index in [4.69, 9.17) is 0 Å².